The minimum Gasteiger partial charge on any atom is -0.353 e. The topological polar surface area (TPSA) is 103 Å². The summed E-state index contributed by atoms with van der Waals surface area (Å²) in [7, 11) is 0. The number of halogens is 1. The molecule has 2 N–H and O–H groups in total. The van der Waals surface area contributed by atoms with Crippen LogP contribution in [0.25, 0.3) is 0 Å². The number of amides is 3. The third-order valence-electron chi connectivity index (χ3n) is 6.35. The van der Waals surface area contributed by atoms with E-state index in [0.717, 1.165) is 18.4 Å². The molecule has 1 aliphatic carbocycles. The monoisotopic (exact) mass is 517 g/mol. The SMILES string of the molecule is CC1CN(c2cc(Cl)nc(SCC(=O)NCc3cccnc3)n2)CCN1C(=O)NC1CCCCC1. The van der Waals surface area contributed by atoms with Gasteiger partial charge in [0, 0.05) is 56.7 Å². The Morgan fingerprint density at radius 1 is 1.20 bits per heavy atom. The number of carbonyl (C=O) groups is 2. The number of thioether (sulfide) groups is 1. The molecule has 3 amide bonds. The lowest BCUT2D eigenvalue weighted by Gasteiger charge is -2.41. The number of carbonyl (C=O) groups excluding carboxylic acids is 2. The third kappa shape index (κ3) is 7.44. The molecule has 0 radical (unpaired) electrons. The number of piperazine rings is 1. The van der Waals surface area contributed by atoms with Crippen LogP contribution in [-0.4, -0.2) is 69.3 Å². The van der Waals surface area contributed by atoms with Crippen molar-refractivity contribution in [1.29, 1.82) is 0 Å². The van der Waals surface area contributed by atoms with Gasteiger partial charge in [-0.15, -0.1) is 0 Å². The van der Waals surface area contributed by atoms with Crippen LogP contribution in [0, 0.1) is 0 Å². The molecule has 0 aromatic carbocycles. The van der Waals surface area contributed by atoms with Gasteiger partial charge in [-0.3, -0.25) is 9.78 Å². The molecule has 11 heteroatoms. The van der Waals surface area contributed by atoms with Crippen molar-refractivity contribution >= 4 is 41.1 Å². The summed E-state index contributed by atoms with van der Waals surface area (Å²) in [5.74, 6) is 0.781. The van der Waals surface area contributed by atoms with Crippen LogP contribution in [0.15, 0.2) is 35.7 Å². The van der Waals surface area contributed by atoms with E-state index >= 15 is 0 Å². The number of anilines is 1. The molecule has 4 rings (SSSR count). The van der Waals surface area contributed by atoms with E-state index in [0.29, 0.717) is 48.3 Å². The van der Waals surface area contributed by atoms with Crippen LogP contribution in [0.1, 0.15) is 44.6 Å². The lowest BCUT2D eigenvalue weighted by Crippen LogP contribution is -2.58. The summed E-state index contributed by atoms with van der Waals surface area (Å²) < 4.78 is 0. The molecular formula is C24H32ClN7O2S. The zero-order valence-corrected chi connectivity index (χ0v) is 21.5. The molecule has 2 aromatic heterocycles. The van der Waals surface area contributed by atoms with Crippen molar-refractivity contribution in [2.45, 2.75) is 62.8 Å². The Hall–Kier alpha value is -2.59. The van der Waals surface area contributed by atoms with Crippen molar-refractivity contribution in [3.8, 4) is 0 Å². The maximum absolute atomic E-state index is 12.8. The Balaban J connectivity index is 1.28. The average molecular weight is 518 g/mol. The number of aromatic nitrogens is 3. The highest BCUT2D eigenvalue weighted by molar-refractivity contribution is 7.99. The number of hydrogen-bond acceptors (Lipinski definition) is 7. The van der Waals surface area contributed by atoms with Crippen molar-refractivity contribution in [3.05, 3.63) is 41.3 Å². The van der Waals surface area contributed by atoms with Crippen molar-refractivity contribution in [1.82, 2.24) is 30.5 Å². The molecule has 1 saturated carbocycles. The van der Waals surface area contributed by atoms with E-state index in [1.807, 2.05) is 17.0 Å². The van der Waals surface area contributed by atoms with E-state index in [4.69, 9.17) is 11.6 Å². The first-order valence-corrected chi connectivity index (χ1v) is 13.5. The number of rotatable bonds is 7. The Morgan fingerprint density at radius 3 is 2.77 bits per heavy atom. The van der Waals surface area contributed by atoms with Crippen molar-refractivity contribution in [2.75, 3.05) is 30.3 Å². The Kier molecular flexibility index (Phi) is 9.03. The van der Waals surface area contributed by atoms with E-state index in [1.165, 1.54) is 31.0 Å². The molecule has 0 bridgehead atoms. The van der Waals surface area contributed by atoms with E-state index in [9.17, 15) is 9.59 Å². The predicted octanol–water partition coefficient (Wildman–Crippen LogP) is 3.49. The highest BCUT2D eigenvalue weighted by Crippen LogP contribution is 2.24. The molecule has 2 fully saturated rings. The fraction of sp³-hybridized carbons (Fsp3) is 0.542. The maximum atomic E-state index is 12.8. The number of hydrogen-bond donors (Lipinski definition) is 2. The largest absolute Gasteiger partial charge is 0.353 e. The second kappa shape index (κ2) is 12.4. The molecule has 2 aliphatic rings. The highest BCUT2D eigenvalue weighted by Gasteiger charge is 2.30. The number of urea groups is 1. The van der Waals surface area contributed by atoms with Gasteiger partial charge in [0.05, 0.1) is 5.75 Å². The molecule has 1 aliphatic heterocycles. The summed E-state index contributed by atoms with van der Waals surface area (Å²) >= 11 is 7.52. The highest BCUT2D eigenvalue weighted by atomic mass is 35.5. The minimum atomic E-state index is -0.116. The van der Waals surface area contributed by atoms with Gasteiger partial charge in [0.15, 0.2) is 5.16 Å². The molecule has 1 saturated heterocycles. The predicted molar refractivity (Wildman–Crippen MR) is 138 cm³/mol. The lowest BCUT2D eigenvalue weighted by molar-refractivity contribution is -0.118. The summed E-state index contributed by atoms with van der Waals surface area (Å²) in [6.45, 7) is 4.40. The lowest BCUT2D eigenvalue weighted by atomic mass is 9.96. The van der Waals surface area contributed by atoms with Crippen LogP contribution in [0.4, 0.5) is 10.6 Å². The fourth-order valence-corrected chi connectivity index (χ4v) is 5.38. The third-order valence-corrected chi connectivity index (χ3v) is 7.39. The zero-order chi connectivity index (χ0) is 24.6. The Morgan fingerprint density at radius 2 is 2.03 bits per heavy atom. The number of pyridine rings is 1. The smallest absolute Gasteiger partial charge is 0.317 e. The fourth-order valence-electron chi connectivity index (χ4n) is 4.47. The minimum absolute atomic E-state index is 0.0262. The molecule has 9 nitrogen and oxygen atoms in total. The number of nitrogens with one attached hydrogen (secondary N) is 2. The maximum Gasteiger partial charge on any atom is 0.317 e. The standard InChI is InChI=1S/C24H32ClN7O2S/c1-17-15-31(10-11-32(17)24(34)28-19-7-3-2-4-8-19)21-12-20(25)29-23(30-21)35-16-22(33)27-14-18-6-5-9-26-13-18/h5-6,9,12-13,17,19H,2-4,7-8,10-11,14-16H2,1H3,(H,27,33)(H,28,34). The quantitative estimate of drug-likeness (QED) is 0.329. The summed E-state index contributed by atoms with van der Waals surface area (Å²) in [5, 5.41) is 6.87. The molecule has 1 unspecified atom stereocenters. The van der Waals surface area contributed by atoms with E-state index in [1.54, 1.807) is 18.5 Å². The van der Waals surface area contributed by atoms with Crippen LogP contribution in [0.5, 0.6) is 0 Å². The molecule has 188 valence electrons. The first-order chi connectivity index (χ1) is 17.0. The van der Waals surface area contributed by atoms with Gasteiger partial charge in [0.2, 0.25) is 5.91 Å². The van der Waals surface area contributed by atoms with Gasteiger partial charge in [-0.25, -0.2) is 14.8 Å². The van der Waals surface area contributed by atoms with Crippen LogP contribution in [0.3, 0.4) is 0 Å². The molecule has 35 heavy (non-hydrogen) atoms. The van der Waals surface area contributed by atoms with Gasteiger partial charge in [-0.1, -0.05) is 48.7 Å². The van der Waals surface area contributed by atoms with E-state index in [2.05, 4.69) is 37.4 Å². The summed E-state index contributed by atoms with van der Waals surface area (Å²) in [6, 6.07) is 5.84. The average Bonchev–Trinajstić information content (AvgIpc) is 2.87. The second-order valence-electron chi connectivity index (χ2n) is 9.03. The Labute approximate surface area is 215 Å². The summed E-state index contributed by atoms with van der Waals surface area (Å²) in [6.07, 6.45) is 9.20. The van der Waals surface area contributed by atoms with Crippen LogP contribution >= 0.6 is 23.4 Å². The summed E-state index contributed by atoms with van der Waals surface area (Å²) in [5.41, 5.74) is 0.938. The van der Waals surface area contributed by atoms with Gasteiger partial charge >= 0.3 is 6.03 Å². The molecule has 2 aromatic rings. The van der Waals surface area contributed by atoms with Crippen molar-refractivity contribution in [3.63, 3.8) is 0 Å². The Bertz CT molecular complexity index is 1010. The first-order valence-electron chi connectivity index (χ1n) is 12.1. The second-order valence-corrected chi connectivity index (χ2v) is 10.4. The van der Waals surface area contributed by atoms with Gasteiger partial charge in [-0.05, 0) is 31.4 Å². The van der Waals surface area contributed by atoms with Crippen LogP contribution in [0.2, 0.25) is 5.15 Å². The number of nitrogens with zero attached hydrogens (tertiary/aromatic N) is 5. The van der Waals surface area contributed by atoms with Crippen LogP contribution in [-0.2, 0) is 11.3 Å². The normalized spacial score (nSPS) is 18.9. The van der Waals surface area contributed by atoms with Crippen molar-refractivity contribution < 1.29 is 9.59 Å². The van der Waals surface area contributed by atoms with Gasteiger partial charge in [0.1, 0.15) is 11.0 Å². The molecule has 3 heterocycles. The summed E-state index contributed by atoms with van der Waals surface area (Å²) in [4.78, 5) is 42.1. The van der Waals surface area contributed by atoms with Gasteiger partial charge < -0.3 is 20.4 Å². The van der Waals surface area contributed by atoms with Crippen LogP contribution < -0.4 is 15.5 Å². The van der Waals surface area contributed by atoms with E-state index < -0.39 is 0 Å². The van der Waals surface area contributed by atoms with Crippen molar-refractivity contribution in [2.24, 2.45) is 0 Å². The molecular weight excluding hydrogens is 486 g/mol. The first kappa shape index (κ1) is 25.5. The molecule has 1 atom stereocenters. The zero-order valence-electron chi connectivity index (χ0n) is 20.0. The van der Waals surface area contributed by atoms with E-state index in [-0.39, 0.29) is 23.7 Å². The van der Waals surface area contributed by atoms with Gasteiger partial charge in [-0.2, -0.15) is 0 Å². The molecule has 0 spiro atoms. The van der Waals surface area contributed by atoms with Gasteiger partial charge in [0.25, 0.3) is 0 Å².